The number of nitrogens with zero attached hydrogens (tertiary/aromatic N) is 2. The average Bonchev–Trinajstić information content (AvgIpc) is 2.98. The Hall–Kier alpha value is -3.21. The van der Waals surface area contributed by atoms with E-state index in [2.05, 4.69) is 40.3 Å². The van der Waals surface area contributed by atoms with Crippen molar-refractivity contribution in [2.45, 2.75) is 25.8 Å². The van der Waals surface area contributed by atoms with E-state index in [9.17, 15) is 9.18 Å². The van der Waals surface area contributed by atoms with Crippen LogP contribution in [0.4, 0.5) is 21.6 Å². The van der Waals surface area contributed by atoms with Crippen LogP contribution in [0, 0.1) is 5.82 Å². The number of rotatable bonds is 4. The number of pyridine rings is 1. The number of para-hydroxylation sites is 1. The second-order valence-corrected chi connectivity index (χ2v) is 6.81. The van der Waals surface area contributed by atoms with E-state index in [0.29, 0.717) is 17.4 Å². The third kappa shape index (κ3) is 3.67. The molecule has 0 radical (unpaired) electrons. The number of aromatic nitrogens is 1. The lowest BCUT2D eigenvalue weighted by molar-refractivity contribution is -0.115. The maximum Gasteiger partial charge on any atom is 0.229 e. The van der Waals surface area contributed by atoms with Crippen LogP contribution in [0.2, 0.25) is 0 Å². The van der Waals surface area contributed by atoms with Gasteiger partial charge >= 0.3 is 0 Å². The first-order valence-corrected chi connectivity index (χ1v) is 8.97. The summed E-state index contributed by atoms with van der Waals surface area (Å²) in [5.41, 5.74) is 4.16. The van der Waals surface area contributed by atoms with E-state index in [1.807, 2.05) is 12.1 Å². The Morgan fingerprint density at radius 2 is 2.04 bits per heavy atom. The van der Waals surface area contributed by atoms with Crippen molar-refractivity contribution in [2.75, 3.05) is 10.2 Å². The van der Waals surface area contributed by atoms with Crippen molar-refractivity contribution in [3.05, 3.63) is 83.8 Å². The maximum absolute atomic E-state index is 13.2. The lowest BCUT2D eigenvalue weighted by atomic mass is 10.1. The van der Waals surface area contributed by atoms with Crippen molar-refractivity contribution in [1.29, 1.82) is 0 Å². The van der Waals surface area contributed by atoms with Crippen LogP contribution in [-0.2, 0) is 17.6 Å². The third-order valence-corrected chi connectivity index (χ3v) is 4.75. The molecule has 3 aromatic rings. The molecular formula is C22H20FN3O. The summed E-state index contributed by atoms with van der Waals surface area (Å²) in [6.45, 7) is 2.19. The van der Waals surface area contributed by atoms with Gasteiger partial charge in [0.2, 0.25) is 5.91 Å². The van der Waals surface area contributed by atoms with Gasteiger partial charge in [0.15, 0.2) is 0 Å². The molecule has 0 spiro atoms. The smallest absolute Gasteiger partial charge is 0.229 e. The molecule has 27 heavy (non-hydrogen) atoms. The van der Waals surface area contributed by atoms with Crippen LogP contribution in [0.15, 0.2) is 66.9 Å². The van der Waals surface area contributed by atoms with Crippen LogP contribution < -0.4 is 10.2 Å². The average molecular weight is 361 g/mol. The Morgan fingerprint density at radius 1 is 1.19 bits per heavy atom. The van der Waals surface area contributed by atoms with Gasteiger partial charge in [-0.3, -0.25) is 4.79 Å². The quantitative estimate of drug-likeness (QED) is 0.745. The van der Waals surface area contributed by atoms with E-state index in [-0.39, 0.29) is 18.1 Å². The van der Waals surface area contributed by atoms with Crippen LogP contribution in [0.1, 0.15) is 18.1 Å². The molecule has 2 aromatic carbocycles. The standard InChI is InChI=1S/C22H20FN3O/c1-15-11-17-6-2-3-8-20(17)26(15)19-9-10-21(24-14-19)25-22(27)13-16-5-4-7-18(23)12-16/h2-10,12,14-15H,11,13H2,1H3,(H,24,25,27). The van der Waals surface area contributed by atoms with Crippen molar-refractivity contribution < 1.29 is 9.18 Å². The molecule has 0 fully saturated rings. The molecule has 1 N–H and O–H groups in total. The zero-order chi connectivity index (χ0) is 18.8. The highest BCUT2D eigenvalue weighted by molar-refractivity contribution is 5.91. The molecule has 1 aliphatic rings. The van der Waals surface area contributed by atoms with E-state index in [1.54, 1.807) is 24.4 Å². The molecule has 4 nitrogen and oxygen atoms in total. The molecule has 136 valence electrons. The zero-order valence-corrected chi connectivity index (χ0v) is 15.0. The Labute approximate surface area is 157 Å². The molecule has 0 saturated heterocycles. The highest BCUT2D eigenvalue weighted by atomic mass is 19.1. The first-order valence-electron chi connectivity index (χ1n) is 8.97. The summed E-state index contributed by atoms with van der Waals surface area (Å²) < 4.78 is 13.2. The minimum absolute atomic E-state index is 0.109. The van der Waals surface area contributed by atoms with Gasteiger partial charge in [0.25, 0.3) is 0 Å². The molecule has 0 bridgehead atoms. The van der Waals surface area contributed by atoms with Crippen LogP contribution in [0.5, 0.6) is 0 Å². The Kier molecular flexibility index (Phi) is 4.59. The van der Waals surface area contributed by atoms with Crippen LogP contribution in [0.25, 0.3) is 0 Å². The normalized spacial score (nSPS) is 15.5. The van der Waals surface area contributed by atoms with Gasteiger partial charge in [-0.2, -0.15) is 0 Å². The minimum atomic E-state index is -0.345. The van der Waals surface area contributed by atoms with Gasteiger partial charge in [0.1, 0.15) is 11.6 Å². The molecule has 4 rings (SSSR count). The van der Waals surface area contributed by atoms with E-state index in [1.165, 1.54) is 23.4 Å². The van der Waals surface area contributed by atoms with Gasteiger partial charge in [-0.15, -0.1) is 0 Å². The first kappa shape index (κ1) is 17.2. The molecule has 2 heterocycles. The largest absolute Gasteiger partial charge is 0.337 e. The number of fused-ring (bicyclic) bond motifs is 1. The van der Waals surface area contributed by atoms with Crippen molar-refractivity contribution >= 4 is 23.1 Å². The van der Waals surface area contributed by atoms with E-state index in [4.69, 9.17) is 0 Å². The van der Waals surface area contributed by atoms with E-state index in [0.717, 1.165) is 12.1 Å². The van der Waals surface area contributed by atoms with E-state index >= 15 is 0 Å². The molecule has 1 unspecified atom stereocenters. The summed E-state index contributed by atoms with van der Waals surface area (Å²) in [6.07, 6.45) is 2.89. The van der Waals surface area contributed by atoms with Crippen molar-refractivity contribution in [2.24, 2.45) is 0 Å². The number of benzene rings is 2. The summed E-state index contributed by atoms with van der Waals surface area (Å²) in [5.74, 6) is -0.0798. The predicted molar refractivity (Wildman–Crippen MR) is 105 cm³/mol. The van der Waals surface area contributed by atoms with Crippen LogP contribution in [-0.4, -0.2) is 16.9 Å². The monoisotopic (exact) mass is 361 g/mol. The second kappa shape index (κ2) is 7.19. The number of hydrogen-bond donors (Lipinski definition) is 1. The van der Waals surface area contributed by atoms with Gasteiger partial charge in [-0.1, -0.05) is 30.3 Å². The number of carbonyl (C=O) groups is 1. The van der Waals surface area contributed by atoms with Gasteiger partial charge in [0.05, 0.1) is 18.3 Å². The van der Waals surface area contributed by atoms with Crippen LogP contribution in [0.3, 0.4) is 0 Å². The molecular weight excluding hydrogens is 341 g/mol. The predicted octanol–water partition coefficient (Wildman–Crippen LogP) is 4.48. The summed E-state index contributed by atoms with van der Waals surface area (Å²) in [6, 6.07) is 18.5. The van der Waals surface area contributed by atoms with Crippen molar-refractivity contribution in [3.8, 4) is 0 Å². The fourth-order valence-electron chi connectivity index (χ4n) is 3.58. The fraction of sp³-hybridized carbons (Fsp3) is 0.182. The molecule has 0 aliphatic carbocycles. The first-order chi connectivity index (χ1) is 13.1. The molecule has 5 heteroatoms. The third-order valence-electron chi connectivity index (χ3n) is 4.75. The number of anilines is 3. The lowest BCUT2D eigenvalue weighted by Crippen LogP contribution is -2.24. The molecule has 1 atom stereocenters. The number of hydrogen-bond acceptors (Lipinski definition) is 3. The van der Waals surface area contributed by atoms with Gasteiger partial charge in [0, 0.05) is 11.7 Å². The van der Waals surface area contributed by atoms with Crippen molar-refractivity contribution in [3.63, 3.8) is 0 Å². The lowest BCUT2D eigenvalue weighted by Gasteiger charge is -2.24. The highest BCUT2D eigenvalue weighted by Crippen LogP contribution is 2.37. The zero-order valence-electron chi connectivity index (χ0n) is 15.0. The minimum Gasteiger partial charge on any atom is -0.337 e. The molecule has 1 amide bonds. The highest BCUT2D eigenvalue weighted by Gasteiger charge is 2.26. The second-order valence-electron chi connectivity index (χ2n) is 6.81. The Bertz CT molecular complexity index is 971. The Morgan fingerprint density at radius 3 is 2.81 bits per heavy atom. The number of carbonyl (C=O) groups excluding carboxylic acids is 1. The van der Waals surface area contributed by atoms with E-state index < -0.39 is 0 Å². The molecule has 1 aromatic heterocycles. The van der Waals surface area contributed by atoms with Gasteiger partial charge in [-0.25, -0.2) is 9.37 Å². The summed E-state index contributed by atoms with van der Waals surface area (Å²) in [4.78, 5) is 18.8. The number of halogens is 1. The molecule has 0 saturated carbocycles. The fourth-order valence-corrected chi connectivity index (χ4v) is 3.58. The van der Waals surface area contributed by atoms with Gasteiger partial charge < -0.3 is 10.2 Å². The number of amides is 1. The summed E-state index contributed by atoms with van der Waals surface area (Å²) in [5, 5.41) is 2.77. The Balaban J connectivity index is 1.46. The summed E-state index contributed by atoms with van der Waals surface area (Å²) in [7, 11) is 0. The number of nitrogens with one attached hydrogen (secondary N) is 1. The van der Waals surface area contributed by atoms with Crippen molar-refractivity contribution in [1.82, 2.24) is 4.98 Å². The molecule has 1 aliphatic heterocycles. The summed E-state index contributed by atoms with van der Waals surface area (Å²) >= 11 is 0. The topological polar surface area (TPSA) is 45.2 Å². The van der Waals surface area contributed by atoms with Gasteiger partial charge in [-0.05, 0) is 54.8 Å². The SMILES string of the molecule is CC1Cc2ccccc2N1c1ccc(NC(=O)Cc2cccc(F)c2)nc1. The van der Waals surface area contributed by atoms with Crippen LogP contribution >= 0.6 is 0 Å². The maximum atomic E-state index is 13.2.